The predicted octanol–water partition coefficient (Wildman–Crippen LogP) is 3.40. The van der Waals surface area contributed by atoms with Gasteiger partial charge in [-0.05, 0) is 49.9 Å². The molecule has 0 aromatic carbocycles. The lowest BCUT2D eigenvalue weighted by atomic mass is 10.2. The molecule has 0 fully saturated rings. The van der Waals surface area contributed by atoms with Gasteiger partial charge in [0.05, 0.1) is 0 Å². The molecule has 17 heavy (non-hydrogen) atoms. The second-order valence-corrected chi connectivity index (χ2v) is 5.38. The van der Waals surface area contributed by atoms with Gasteiger partial charge in [0.25, 0.3) is 0 Å². The molecule has 0 amide bonds. The summed E-state index contributed by atoms with van der Waals surface area (Å²) >= 11 is 1.95. The molecule has 1 rings (SSSR count). The van der Waals surface area contributed by atoms with Crippen molar-refractivity contribution >= 4 is 11.8 Å². The fourth-order valence-corrected chi connectivity index (χ4v) is 2.18. The van der Waals surface area contributed by atoms with Crippen LogP contribution >= 0.6 is 11.8 Å². The molecule has 0 unspecified atom stereocenters. The molecule has 2 nitrogen and oxygen atoms in total. The third-order valence-electron chi connectivity index (χ3n) is 2.75. The van der Waals surface area contributed by atoms with E-state index in [1.807, 2.05) is 24.9 Å². The molecule has 1 heterocycles. The zero-order chi connectivity index (χ0) is 12.3. The molecule has 0 spiro atoms. The quantitative estimate of drug-likeness (QED) is 0.682. The summed E-state index contributed by atoms with van der Waals surface area (Å²) in [5.74, 6) is 1.31. The van der Waals surface area contributed by atoms with Crippen LogP contribution in [0, 0.1) is 6.92 Å². The van der Waals surface area contributed by atoms with Crippen molar-refractivity contribution in [1.29, 1.82) is 0 Å². The fraction of sp³-hybridized carbons (Fsp3) is 0.643. The first-order valence-corrected chi connectivity index (χ1v) is 7.83. The highest BCUT2D eigenvalue weighted by molar-refractivity contribution is 7.98. The van der Waals surface area contributed by atoms with Crippen molar-refractivity contribution in [2.24, 2.45) is 0 Å². The van der Waals surface area contributed by atoms with E-state index in [4.69, 9.17) is 0 Å². The van der Waals surface area contributed by atoms with E-state index in [0.717, 1.165) is 18.8 Å². The van der Waals surface area contributed by atoms with Crippen LogP contribution in [0.15, 0.2) is 18.3 Å². The number of rotatable bonds is 9. The molecule has 0 atom stereocenters. The van der Waals surface area contributed by atoms with E-state index in [0.29, 0.717) is 0 Å². The lowest BCUT2D eigenvalue weighted by Crippen LogP contribution is -2.14. The Hall–Kier alpha value is -0.540. The van der Waals surface area contributed by atoms with Crippen molar-refractivity contribution in [2.45, 2.75) is 39.2 Å². The van der Waals surface area contributed by atoms with Crippen molar-refractivity contribution < 1.29 is 0 Å². The second-order valence-electron chi connectivity index (χ2n) is 4.39. The second kappa shape index (κ2) is 9.49. The zero-order valence-corrected chi connectivity index (χ0v) is 11.9. The minimum atomic E-state index is 0.943. The number of aryl methyl sites for hydroxylation is 1. The zero-order valence-electron chi connectivity index (χ0n) is 11.0. The molecule has 1 N–H and O–H groups in total. The van der Waals surface area contributed by atoms with E-state index in [-0.39, 0.29) is 0 Å². The maximum absolute atomic E-state index is 4.29. The lowest BCUT2D eigenvalue weighted by Gasteiger charge is -2.05. The predicted molar refractivity (Wildman–Crippen MR) is 77.5 cm³/mol. The Morgan fingerprint density at radius 3 is 2.71 bits per heavy atom. The minimum absolute atomic E-state index is 0.943. The number of pyridine rings is 1. The first kappa shape index (κ1) is 14.5. The molecule has 1 aromatic rings. The molecule has 0 saturated carbocycles. The van der Waals surface area contributed by atoms with E-state index in [1.165, 1.54) is 37.0 Å². The molecule has 0 saturated heterocycles. The number of thioether (sulfide) groups is 1. The van der Waals surface area contributed by atoms with Gasteiger partial charge >= 0.3 is 0 Å². The van der Waals surface area contributed by atoms with Crippen molar-refractivity contribution in [3.8, 4) is 0 Å². The third kappa shape index (κ3) is 7.40. The van der Waals surface area contributed by atoms with Crippen LogP contribution in [0.5, 0.6) is 0 Å². The van der Waals surface area contributed by atoms with Gasteiger partial charge in [-0.1, -0.05) is 18.9 Å². The summed E-state index contributed by atoms with van der Waals surface area (Å²) in [6.45, 7) is 4.08. The highest BCUT2D eigenvalue weighted by atomic mass is 32.2. The van der Waals surface area contributed by atoms with Gasteiger partial charge < -0.3 is 5.32 Å². The summed E-state index contributed by atoms with van der Waals surface area (Å²) in [6, 6.07) is 4.22. The Kier molecular flexibility index (Phi) is 8.10. The van der Waals surface area contributed by atoms with Crippen molar-refractivity contribution in [1.82, 2.24) is 10.3 Å². The standard InChI is InChI=1S/C14H24N2S/c1-13-7-8-14(12-16-13)11-15-9-5-3-4-6-10-17-2/h7-8,12,15H,3-6,9-11H2,1-2H3. The van der Waals surface area contributed by atoms with Crippen LogP contribution in [0.1, 0.15) is 36.9 Å². The number of aromatic nitrogens is 1. The summed E-state index contributed by atoms with van der Waals surface area (Å²) < 4.78 is 0. The van der Waals surface area contributed by atoms with Crippen LogP contribution in [-0.4, -0.2) is 23.5 Å². The van der Waals surface area contributed by atoms with Crippen LogP contribution < -0.4 is 5.32 Å². The molecule has 3 heteroatoms. The summed E-state index contributed by atoms with van der Waals surface area (Å²) in [5.41, 5.74) is 2.36. The smallest absolute Gasteiger partial charge is 0.0372 e. The Labute approximate surface area is 110 Å². The van der Waals surface area contributed by atoms with E-state index in [9.17, 15) is 0 Å². The van der Waals surface area contributed by atoms with Crippen molar-refractivity contribution in [3.63, 3.8) is 0 Å². The maximum Gasteiger partial charge on any atom is 0.0372 e. The average molecular weight is 252 g/mol. The lowest BCUT2D eigenvalue weighted by molar-refractivity contribution is 0.599. The van der Waals surface area contributed by atoms with Crippen LogP contribution in [0.4, 0.5) is 0 Å². The van der Waals surface area contributed by atoms with Crippen LogP contribution in [0.25, 0.3) is 0 Å². The molecule has 96 valence electrons. The van der Waals surface area contributed by atoms with E-state index < -0.39 is 0 Å². The van der Waals surface area contributed by atoms with Gasteiger partial charge in [-0.25, -0.2) is 0 Å². The van der Waals surface area contributed by atoms with Crippen molar-refractivity contribution in [2.75, 3.05) is 18.6 Å². The number of hydrogen-bond acceptors (Lipinski definition) is 3. The minimum Gasteiger partial charge on any atom is -0.313 e. The summed E-state index contributed by atoms with van der Waals surface area (Å²) in [7, 11) is 0. The SMILES string of the molecule is CSCCCCCCNCc1ccc(C)nc1. The van der Waals surface area contributed by atoms with Gasteiger partial charge in [0.2, 0.25) is 0 Å². The van der Waals surface area contributed by atoms with Gasteiger partial charge in [0.15, 0.2) is 0 Å². The van der Waals surface area contributed by atoms with Crippen molar-refractivity contribution in [3.05, 3.63) is 29.6 Å². The van der Waals surface area contributed by atoms with Gasteiger partial charge in [-0.2, -0.15) is 11.8 Å². The first-order chi connectivity index (χ1) is 8.33. The van der Waals surface area contributed by atoms with E-state index >= 15 is 0 Å². The molecule has 0 radical (unpaired) electrons. The molecule has 0 aliphatic heterocycles. The van der Waals surface area contributed by atoms with Crippen LogP contribution in [0.3, 0.4) is 0 Å². The molecule has 1 aromatic heterocycles. The molecule has 0 bridgehead atoms. The van der Waals surface area contributed by atoms with E-state index in [1.54, 1.807) is 0 Å². The Bertz CT molecular complexity index is 285. The van der Waals surface area contributed by atoms with Gasteiger partial charge in [-0.3, -0.25) is 4.98 Å². The maximum atomic E-state index is 4.29. The molecule has 0 aliphatic rings. The van der Waals surface area contributed by atoms with Crippen LogP contribution in [-0.2, 0) is 6.54 Å². The normalized spacial score (nSPS) is 10.7. The molecular weight excluding hydrogens is 228 g/mol. The topological polar surface area (TPSA) is 24.9 Å². The Balaban J connectivity index is 1.95. The monoisotopic (exact) mass is 252 g/mol. The fourth-order valence-electron chi connectivity index (χ4n) is 1.69. The first-order valence-electron chi connectivity index (χ1n) is 6.44. The average Bonchev–Trinajstić information content (AvgIpc) is 2.35. The highest BCUT2D eigenvalue weighted by Crippen LogP contribution is 2.04. The third-order valence-corrected chi connectivity index (χ3v) is 3.45. The van der Waals surface area contributed by atoms with Crippen LogP contribution in [0.2, 0.25) is 0 Å². The number of nitrogens with zero attached hydrogens (tertiary/aromatic N) is 1. The summed E-state index contributed by atoms with van der Waals surface area (Å²) in [5, 5.41) is 3.47. The highest BCUT2D eigenvalue weighted by Gasteiger charge is 1.93. The molecular formula is C14H24N2S. The van der Waals surface area contributed by atoms with Gasteiger partial charge in [-0.15, -0.1) is 0 Å². The summed E-state index contributed by atoms with van der Waals surface area (Å²) in [4.78, 5) is 4.29. The Morgan fingerprint density at radius 2 is 2.00 bits per heavy atom. The summed E-state index contributed by atoms with van der Waals surface area (Å²) in [6.07, 6.45) is 9.50. The van der Waals surface area contributed by atoms with Gasteiger partial charge in [0.1, 0.15) is 0 Å². The number of hydrogen-bond donors (Lipinski definition) is 1. The van der Waals surface area contributed by atoms with E-state index in [2.05, 4.69) is 28.7 Å². The number of unbranched alkanes of at least 4 members (excludes halogenated alkanes) is 3. The number of nitrogens with one attached hydrogen (secondary N) is 1. The largest absolute Gasteiger partial charge is 0.313 e. The molecule has 0 aliphatic carbocycles. The van der Waals surface area contributed by atoms with Gasteiger partial charge in [0, 0.05) is 18.4 Å². The Morgan fingerprint density at radius 1 is 1.18 bits per heavy atom.